The minimum atomic E-state index is -0.959. The van der Waals surface area contributed by atoms with E-state index in [1.165, 1.54) is 18.9 Å². The summed E-state index contributed by atoms with van der Waals surface area (Å²) in [6.45, 7) is 3.34. The van der Waals surface area contributed by atoms with Gasteiger partial charge in [0.1, 0.15) is 12.3 Å². The number of carboxylic acids is 1. The average molecular weight is 215 g/mol. The molecule has 1 heterocycles. The fourth-order valence-corrected chi connectivity index (χ4v) is 2.14. The molecule has 0 aromatic heterocycles. The first kappa shape index (κ1) is 12.0. The molecule has 0 radical (unpaired) electrons. The van der Waals surface area contributed by atoms with Crippen molar-refractivity contribution in [1.82, 2.24) is 4.90 Å². The van der Waals surface area contributed by atoms with Gasteiger partial charge < -0.3 is 14.7 Å². The van der Waals surface area contributed by atoms with Crippen LogP contribution in [0.4, 0.5) is 0 Å². The minimum Gasteiger partial charge on any atom is -0.480 e. The largest absolute Gasteiger partial charge is 0.480 e. The van der Waals surface area contributed by atoms with Gasteiger partial charge >= 0.3 is 5.97 Å². The van der Waals surface area contributed by atoms with Crippen LogP contribution in [0.2, 0.25) is 0 Å². The third-order valence-electron chi connectivity index (χ3n) is 2.88. The lowest BCUT2D eigenvalue weighted by Gasteiger charge is -2.42. The molecular weight excluding hydrogens is 198 g/mol. The van der Waals surface area contributed by atoms with Crippen LogP contribution in [0, 0.1) is 5.92 Å². The van der Waals surface area contributed by atoms with Crippen LogP contribution < -0.4 is 0 Å². The zero-order valence-corrected chi connectivity index (χ0v) is 9.27. The van der Waals surface area contributed by atoms with Crippen molar-refractivity contribution < 1.29 is 19.4 Å². The highest BCUT2D eigenvalue weighted by atomic mass is 16.5. The number of amides is 1. The molecule has 0 saturated carbocycles. The van der Waals surface area contributed by atoms with E-state index in [0.29, 0.717) is 6.42 Å². The molecule has 1 N–H and O–H groups in total. The van der Waals surface area contributed by atoms with Crippen molar-refractivity contribution in [3.8, 4) is 0 Å². The van der Waals surface area contributed by atoms with Gasteiger partial charge in [-0.1, -0.05) is 6.92 Å². The number of aliphatic carboxylic acids is 1. The van der Waals surface area contributed by atoms with Crippen molar-refractivity contribution in [3.63, 3.8) is 0 Å². The van der Waals surface area contributed by atoms with Gasteiger partial charge in [0.15, 0.2) is 0 Å². The second-order valence-electron chi connectivity index (χ2n) is 3.96. The highest BCUT2D eigenvalue weighted by molar-refractivity contribution is 5.82. The second-order valence-corrected chi connectivity index (χ2v) is 3.96. The highest BCUT2D eigenvalue weighted by Gasteiger charge is 2.40. The molecule has 15 heavy (non-hydrogen) atoms. The molecular formula is C10H17NO4. The summed E-state index contributed by atoms with van der Waals surface area (Å²) in [6.07, 6.45) is 0.840. The number of hydrogen-bond donors (Lipinski definition) is 1. The van der Waals surface area contributed by atoms with Gasteiger partial charge in [-0.2, -0.15) is 0 Å². The monoisotopic (exact) mass is 215 g/mol. The summed E-state index contributed by atoms with van der Waals surface area (Å²) in [6, 6.07) is -0.747. The fourth-order valence-electron chi connectivity index (χ4n) is 2.14. The van der Waals surface area contributed by atoms with E-state index in [1.54, 1.807) is 0 Å². The number of carbonyl (C=O) groups excluding carboxylic acids is 1. The predicted molar refractivity (Wildman–Crippen MR) is 53.1 cm³/mol. The molecule has 0 aliphatic carbocycles. The SMILES string of the molecule is COC1[C@H](C)CC[C@@H](C(=O)O)N1C(C)=O. The van der Waals surface area contributed by atoms with Gasteiger partial charge in [0.05, 0.1) is 0 Å². The normalized spacial score (nSPS) is 31.4. The van der Waals surface area contributed by atoms with E-state index in [0.717, 1.165) is 6.42 Å². The third-order valence-corrected chi connectivity index (χ3v) is 2.88. The molecule has 1 rings (SSSR count). The lowest BCUT2D eigenvalue weighted by atomic mass is 9.92. The summed E-state index contributed by atoms with van der Waals surface area (Å²) in [5.41, 5.74) is 0. The number of likely N-dealkylation sites (tertiary alicyclic amines) is 1. The molecule has 3 atom stereocenters. The van der Waals surface area contributed by atoms with Crippen LogP contribution in [0.5, 0.6) is 0 Å². The molecule has 1 amide bonds. The molecule has 0 spiro atoms. The summed E-state index contributed by atoms with van der Waals surface area (Å²) in [5.74, 6) is -1.03. The number of rotatable bonds is 2. The number of carbonyl (C=O) groups is 2. The fraction of sp³-hybridized carbons (Fsp3) is 0.800. The Hall–Kier alpha value is -1.10. The first-order valence-corrected chi connectivity index (χ1v) is 5.03. The van der Waals surface area contributed by atoms with E-state index >= 15 is 0 Å². The second kappa shape index (κ2) is 4.61. The zero-order valence-electron chi connectivity index (χ0n) is 9.27. The van der Waals surface area contributed by atoms with Crippen molar-refractivity contribution in [2.24, 2.45) is 5.92 Å². The number of hydrogen-bond acceptors (Lipinski definition) is 3. The van der Waals surface area contributed by atoms with E-state index in [-0.39, 0.29) is 11.8 Å². The zero-order chi connectivity index (χ0) is 11.6. The number of carboxylic acid groups (broad SMARTS) is 1. The number of ether oxygens (including phenoxy) is 1. The molecule has 5 heteroatoms. The smallest absolute Gasteiger partial charge is 0.326 e. The van der Waals surface area contributed by atoms with E-state index in [2.05, 4.69) is 0 Å². The topological polar surface area (TPSA) is 66.8 Å². The van der Waals surface area contributed by atoms with Crippen LogP contribution in [0.25, 0.3) is 0 Å². The summed E-state index contributed by atoms with van der Waals surface area (Å²) < 4.78 is 5.20. The molecule has 1 unspecified atom stereocenters. The summed E-state index contributed by atoms with van der Waals surface area (Å²) in [5, 5.41) is 9.01. The van der Waals surface area contributed by atoms with Crippen molar-refractivity contribution in [2.75, 3.05) is 7.11 Å². The van der Waals surface area contributed by atoms with Gasteiger partial charge in [-0.05, 0) is 12.8 Å². The van der Waals surface area contributed by atoms with E-state index < -0.39 is 18.2 Å². The maximum Gasteiger partial charge on any atom is 0.326 e. The van der Waals surface area contributed by atoms with Crippen LogP contribution in [0.15, 0.2) is 0 Å². The van der Waals surface area contributed by atoms with Crippen molar-refractivity contribution in [3.05, 3.63) is 0 Å². The van der Waals surface area contributed by atoms with Gasteiger partial charge in [-0.25, -0.2) is 4.79 Å². The van der Waals surface area contributed by atoms with Crippen LogP contribution >= 0.6 is 0 Å². The number of piperidine rings is 1. The predicted octanol–water partition coefficient (Wildman–Crippen LogP) is 0.691. The Morgan fingerprint density at radius 2 is 2.00 bits per heavy atom. The van der Waals surface area contributed by atoms with Crippen LogP contribution in [-0.2, 0) is 14.3 Å². The molecule has 5 nitrogen and oxygen atoms in total. The molecule has 0 bridgehead atoms. The molecule has 1 aliphatic rings. The lowest BCUT2D eigenvalue weighted by Crippen LogP contribution is -2.56. The average Bonchev–Trinajstić information content (AvgIpc) is 2.16. The molecule has 1 fully saturated rings. The Balaban J connectivity index is 2.92. The maximum absolute atomic E-state index is 11.4. The van der Waals surface area contributed by atoms with Gasteiger partial charge in [-0.15, -0.1) is 0 Å². The molecule has 1 aliphatic heterocycles. The van der Waals surface area contributed by atoms with Gasteiger partial charge in [0.25, 0.3) is 0 Å². The van der Waals surface area contributed by atoms with Crippen LogP contribution in [0.3, 0.4) is 0 Å². The minimum absolute atomic E-state index is 0.175. The Kier molecular flexibility index (Phi) is 3.68. The lowest BCUT2D eigenvalue weighted by molar-refractivity contribution is -0.172. The highest BCUT2D eigenvalue weighted by Crippen LogP contribution is 2.28. The first-order chi connectivity index (χ1) is 6.99. The van der Waals surface area contributed by atoms with Crippen molar-refractivity contribution >= 4 is 11.9 Å². The maximum atomic E-state index is 11.4. The molecule has 0 aromatic rings. The quantitative estimate of drug-likeness (QED) is 0.736. The standard InChI is InChI=1S/C10H17NO4/c1-6-4-5-8(10(13)14)11(7(2)12)9(6)15-3/h6,8-9H,4-5H2,1-3H3,(H,13,14)/t6-,8+,9?/m1/s1. The molecule has 0 aromatic carbocycles. The number of nitrogens with zero attached hydrogens (tertiary/aromatic N) is 1. The first-order valence-electron chi connectivity index (χ1n) is 5.03. The molecule has 1 saturated heterocycles. The van der Waals surface area contributed by atoms with E-state index in [9.17, 15) is 9.59 Å². The van der Waals surface area contributed by atoms with Crippen LogP contribution in [-0.4, -0.2) is 41.3 Å². The van der Waals surface area contributed by atoms with Gasteiger partial charge in [-0.3, -0.25) is 4.79 Å². The van der Waals surface area contributed by atoms with Gasteiger partial charge in [0, 0.05) is 20.0 Å². The summed E-state index contributed by atoms with van der Waals surface area (Å²) >= 11 is 0. The Labute approximate surface area is 89.0 Å². The van der Waals surface area contributed by atoms with Gasteiger partial charge in [0.2, 0.25) is 5.91 Å². The molecule has 86 valence electrons. The Morgan fingerprint density at radius 1 is 1.40 bits per heavy atom. The summed E-state index contributed by atoms with van der Waals surface area (Å²) in [7, 11) is 1.50. The number of methoxy groups -OCH3 is 1. The Bertz CT molecular complexity index is 266. The van der Waals surface area contributed by atoms with Crippen molar-refractivity contribution in [2.45, 2.75) is 39.0 Å². The summed E-state index contributed by atoms with van der Waals surface area (Å²) in [4.78, 5) is 23.7. The van der Waals surface area contributed by atoms with Crippen LogP contribution in [0.1, 0.15) is 26.7 Å². The van der Waals surface area contributed by atoms with E-state index in [1.807, 2.05) is 6.92 Å². The third kappa shape index (κ3) is 2.28. The van der Waals surface area contributed by atoms with Crippen molar-refractivity contribution in [1.29, 1.82) is 0 Å². The Morgan fingerprint density at radius 3 is 2.40 bits per heavy atom. The van der Waals surface area contributed by atoms with E-state index in [4.69, 9.17) is 9.84 Å².